The molecule has 0 amide bonds. The van der Waals surface area contributed by atoms with Gasteiger partial charge in [0.05, 0.1) is 7.11 Å². The van der Waals surface area contributed by atoms with Gasteiger partial charge in [-0.2, -0.15) is 0 Å². The van der Waals surface area contributed by atoms with Crippen molar-refractivity contribution in [3.8, 4) is 0 Å². The summed E-state index contributed by atoms with van der Waals surface area (Å²) in [6.45, 7) is 3.70. The molecule has 0 spiro atoms. The zero-order valence-corrected chi connectivity index (χ0v) is 12.7. The summed E-state index contributed by atoms with van der Waals surface area (Å²) in [6, 6.07) is 1.69. The fraction of sp³-hybridized carbons (Fsp3) is 0.583. The Morgan fingerprint density at radius 3 is 3.06 bits per heavy atom. The lowest BCUT2D eigenvalue weighted by molar-refractivity contribution is -0.147. The predicted octanol–water partition coefficient (Wildman–Crippen LogP) is 2.02. The molecule has 6 heteroatoms. The molecule has 2 rings (SSSR count). The number of hydrogen-bond acceptors (Lipinski definition) is 5. The lowest BCUT2D eigenvalue weighted by Crippen LogP contribution is -2.37. The molecule has 0 radical (unpaired) electrons. The van der Waals surface area contributed by atoms with Gasteiger partial charge in [-0.15, -0.1) is 11.3 Å². The van der Waals surface area contributed by atoms with E-state index in [0.717, 1.165) is 41.9 Å². The van der Waals surface area contributed by atoms with Gasteiger partial charge in [0.2, 0.25) is 0 Å². The summed E-state index contributed by atoms with van der Waals surface area (Å²) in [5, 5.41) is 5.34. The summed E-state index contributed by atoms with van der Waals surface area (Å²) < 4.78 is 5.96. The van der Waals surface area contributed by atoms with Gasteiger partial charge in [0.25, 0.3) is 0 Å². The molecule has 0 saturated carbocycles. The molecule has 0 aromatic carbocycles. The second kappa shape index (κ2) is 6.65. The van der Waals surface area contributed by atoms with Gasteiger partial charge in [-0.05, 0) is 40.3 Å². The highest BCUT2D eigenvalue weighted by atomic mass is 79.9. The molecule has 1 aromatic rings. The van der Waals surface area contributed by atoms with Gasteiger partial charge in [0.1, 0.15) is 6.04 Å². The topological polar surface area (TPSA) is 41.6 Å². The quantitative estimate of drug-likeness (QED) is 0.860. The summed E-state index contributed by atoms with van der Waals surface area (Å²) in [5.74, 6) is -0.181. The fourth-order valence-corrected chi connectivity index (χ4v) is 3.87. The number of esters is 1. The maximum absolute atomic E-state index is 12.1. The molecule has 1 atom stereocenters. The average molecular weight is 333 g/mol. The number of thiophene rings is 1. The van der Waals surface area contributed by atoms with E-state index in [0.29, 0.717) is 0 Å². The van der Waals surface area contributed by atoms with Crippen LogP contribution in [0.3, 0.4) is 0 Å². The smallest absolute Gasteiger partial charge is 0.328 e. The Morgan fingerprint density at radius 1 is 1.56 bits per heavy atom. The van der Waals surface area contributed by atoms with Crippen molar-refractivity contribution in [2.24, 2.45) is 0 Å². The third-order valence-corrected chi connectivity index (χ3v) is 4.98. The Bertz CT molecular complexity index is 403. The minimum atomic E-state index is -0.288. The second-order valence-corrected chi connectivity index (χ2v) is 6.00. The van der Waals surface area contributed by atoms with Gasteiger partial charge in [-0.3, -0.25) is 4.90 Å². The van der Waals surface area contributed by atoms with Crippen LogP contribution in [0.15, 0.2) is 15.9 Å². The van der Waals surface area contributed by atoms with Crippen molar-refractivity contribution in [1.82, 2.24) is 10.2 Å². The van der Waals surface area contributed by atoms with Crippen LogP contribution >= 0.6 is 27.3 Å². The van der Waals surface area contributed by atoms with E-state index in [1.54, 1.807) is 11.3 Å². The molecule has 1 aliphatic heterocycles. The van der Waals surface area contributed by atoms with Crippen molar-refractivity contribution in [1.29, 1.82) is 0 Å². The van der Waals surface area contributed by atoms with E-state index in [1.165, 1.54) is 7.11 Å². The predicted molar refractivity (Wildman–Crippen MR) is 75.8 cm³/mol. The Hall–Kier alpha value is -0.430. The summed E-state index contributed by atoms with van der Waals surface area (Å²) in [7, 11) is 1.45. The largest absolute Gasteiger partial charge is 0.468 e. The van der Waals surface area contributed by atoms with E-state index in [1.807, 2.05) is 11.4 Å². The minimum Gasteiger partial charge on any atom is -0.468 e. The number of rotatable bonds is 3. The molecule has 18 heavy (non-hydrogen) atoms. The van der Waals surface area contributed by atoms with Crippen molar-refractivity contribution < 1.29 is 9.53 Å². The molecule has 100 valence electrons. The molecule has 0 aliphatic carbocycles. The number of halogens is 1. The molecule has 1 fully saturated rings. The van der Waals surface area contributed by atoms with Gasteiger partial charge in [-0.1, -0.05) is 0 Å². The minimum absolute atomic E-state index is 0.181. The molecule has 0 bridgehead atoms. The van der Waals surface area contributed by atoms with E-state index < -0.39 is 0 Å². The third kappa shape index (κ3) is 3.12. The molecular formula is C12H17BrN2O2S. The van der Waals surface area contributed by atoms with Crippen LogP contribution in [0.4, 0.5) is 0 Å². The number of methoxy groups -OCH3 is 1. The molecule has 1 aliphatic rings. The fourth-order valence-electron chi connectivity index (χ4n) is 2.16. The number of carbonyl (C=O) groups is 1. The van der Waals surface area contributed by atoms with E-state index in [9.17, 15) is 4.79 Å². The summed E-state index contributed by atoms with van der Waals surface area (Å²) in [5.41, 5.74) is 0. The van der Waals surface area contributed by atoms with Gasteiger partial charge in [0, 0.05) is 29.0 Å². The Morgan fingerprint density at radius 2 is 2.39 bits per heavy atom. The van der Waals surface area contributed by atoms with Gasteiger partial charge >= 0.3 is 5.97 Å². The second-order valence-electron chi connectivity index (χ2n) is 4.20. The highest BCUT2D eigenvalue weighted by Crippen LogP contribution is 2.33. The first-order chi connectivity index (χ1) is 8.74. The molecule has 1 N–H and O–H groups in total. The normalized spacial score (nSPS) is 19.2. The Balaban J connectivity index is 2.24. The number of ether oxygens (including phenoxy) is 1. The molecule has 1 saturated heterocycles. The molecule has 2 heterocycles. The first-order valence-electron chi connectivity index (χ1n) is 5.99. The Kier molecular flexibility index (Phi) is 5.17. The van der Waals surface area contributed by atoms with E-state index in [-0.39, 0.29) is 12.0 Å². The first-order valence-corrected chi connectivity index (χ1v) is 7.67. The highest BCUT2D eigenvalue weighted by Gasteiger charge is 2.31. The molecule has 1 unspecified atom stereocenters. The number of carbonyl (C=O) groups excluding carboxylic acids is 1. The number of nitrogens with one attached hydrogen (secondary N) is 1. The van der Waals surface area contributed by atoms with E-state index in [2.05, 4.69) is 26.1 Å². The molecule has 1 aromatic heterocycles. The van der Waals surface area contributed by atoms with Gasteiger partial charge in [-0.25, -0.2) is 4.79 Å². The SMILES string of the molecule is COC(=O)C(c1sccc1Br)N1CCCNCC1. The van der Waals surface area contributed by atoms with Crippen LogP contribution in [-0.2, 0) is 9.53 Å². The van der Waals surface area contributed by atoms with Crippen molar-refractivity contribution in [3.05, 3.63) is 20.8 Å². The van der Waals surface area contributed by atoms with Gasteiger partial charge in [0.15, 0.2) is 0 Å². The van der Waals surface area contributed by atoms with E-state index in [4.69, 9.17) is 4.74 Å². The molecular weight excluding hydrogens is 316 g/mol. The van der Waals surface area contributed by atoms with Crippen LogP contribution in [0.5, 0.6) is 0 Å². The van der Waals surface area contributed by atoms with Gasteiger partial charge < -0.3 is 10.1 Å². The summed E-state index contributed by atoms with van der Waals surface area (Å²) >= 11 is 5.10. The maximum Gasteiger partial charge on any atom is 0.328 e. The van der Waals surface area contributed by atoms with Crippen LogP contribution in [0.1, 0.15) is 17.3 Å². The Labute approximate surface area is 119 Å². The number of nitrogens with zero attached hydrogens (tertiary/aromatic N) is 1. The van der Waals surface area contributed by atoms with Crippen LogP contribution in [-0.4, -0.2) is 44.2 Å². The first kappa shape index (κ1) is 14.0. The van der Waals surface area contributed by atoms with Crippen molar-refractivity contribution in [3.63, 3.8) is 0 Å². The van der Waals surface area contributed by atoms with Crippen molar-refractivity contribution in [2.45, 2.75) is 12.5 Å². The van der Waals surface area contributed by atoms with Crippen LogP contribution in [0.25, 0.3) is 0 Å². The van der Waals surface area contributed by atoms with E-state index >= 15 is 0 Å². The van der Waals surface area contributed by atoms with Crippen LogP contribution < -0.4 is 5.32 Å². The van der Waals surface area contributed by atoms with Crippen molar-refractivity contribution in [2.75, 3.05) is 33.3 Å². The maximum atomic E-state index is 12.1. The lowest BCUT2D eigenvalue weighted by atomic mass is 10.2. The summed E-state index contributed by atoms with van der Waals surface area (Å²) in [6.07, 6.45) is 1.05. The average Bonchev–Trinajstić information content (AvgIpc) is 2.65. The summed E-state index contributed by atoms with van der Waals surface area (Å²) in [4.78, 5) is 15.3. The highest BCUT2D eigenvalue weighted by molar-refractivity contribution is 9.10. The van der Waals surface area contributed by atoms with Crippen LogP contribution in [0, 0.1) is 0 Å². The van der Waals surface area contributed by atoms with Crippen LogP contribution in [0.2, 0.25) is 0 Å². The lowest BCUT2D eigenvalue weighted by Gasteiger charge is -2.27. The zero-order valence-electron chi connectivity index (χ0n) is 10.3. The molecule has 4 nitrogen and oxygen atoms in total. The van der Waals surface area contributed by atoms with Crippen molar-refractivity contribution >= 4 is 33.2 Å². The number of hydrogen-bond donors (Lipinski definition) is 1. The monoisotopic (exact) mass is 332 g/mol. The zero-order chi connectivity index (χ0) is 13.0. The third-order valence-electron chi connectivity index (χ3n) is 3.06. The standard InChI is InChI=1S/C12H17BrN2O2S/c1-17-12(16)10(11-9(13)3-8-18-11)15-6-2-4-14-5-7-15/h3,8,10,14H,2,4-7H2,1H3.